The smallest absolute Gasteiger partial charge is 0.320 e. The predicted molar refractivity (Wildman–Crippen MR) is 76.4 cm³/mol. The van der Waals surface area contributed by atoms with Crippen molar-refractivity contribution in [3.05, 3.63) is 39.7 Å². The van der Waals surface area contributed by atoms with Gasteiger partial charge in [0.05, 0.1) is 11.5 Å². The molecule has 0 unspecified atom stereocenters. The Kier molecular flexibility index (Phi) is 6.94. The van der Waals surface area contributed by atoms with Gasteiger partial charge in [-0.15, -0.1) is 10.4 Å². The second-order valence-electron chi connectivity index (χ2n) is 5.03. The molecule has 0 fully saturated rings. The number of carbonyl (C=O) groups is 1. The summed E-state index contributed by atoms with van der Waals surface area (Å²) >= 11 is 0. The van der Waals surface area contributed by atoms with Crippen molar-refractivity contribution < 1.29 is 47.5 Å². The maximum absolute atomic E-state index is 12.9. The van der Waals surface area contributed by atoms with Crippen LogP contribution in [0.2, 0.25) is 0 Å². The zero-order chi connectivity index (χ0) is 17.2. The van der Waals surface area contributed by atoms with E-state index in [1.165, 1.54) is 18.5 Å². The molecule has 0 N–H and O–H groups in total. The maximum Gasteiger partial charge on any atom is 1.00 e. The number of halogens is 3. The summed E-state index contributed by atoms with van der Waals surface area (Å²) in [5.74, 6) is -0.639. The molecule has 1 aromatic heterocycles. The normalized spacial score (nSPS) is 11.1. The molecular formula is C14H15F3N5NaO. The molecule has 0 bridgehead atoms. The van der Waals surface area contributed by atoms with Gasteiger partial charge in [-0.05, 0) is 50.1 Å². The van der Waals surface area contributed by atoms with Crippen LogP contribution in [-0.4, -0.2) is 26.1 Å². The SMILES string of the molecule is CCCn1nnnc1[N-]C(=O)c1ccc(C(F)(F)F)c(C)c1C.[Na+]. The Morgan fingerprint density at radius 1 is 1.25 bits per heavy atom. The molecule has 0 saturated heterocycles. The van der Waals surface area contributed by atoms with E-state index in [2.05, 4.69) is 20.8 Å². The van der Waals surface area contributed by atoms with Gasteiger partial charge in [0, 0.05) is 5.56 Å². The molecule has 1 aromatic carbocycles. The fraction of sp³-hybridized carbons (Fsp3) is 0.429. The van der Waals surface area contributed by atoms with Crippen molar-refractivity contribution in [1.29, 1.82) is 0 Å². The molecule has 0 saturated carbocycles. The van der Waals surface area contributed by atoms with Crippen LogP contribution in [0.15, 0.2) is 12.1 Å². The molecule has 10 heteroatoms. The monoisotopic (exact) mass is 349 g/mol. The third-order valence-electron chi connectivity index (χ3n) is 3.47. The second-order valence-corrected chi connectivity index (χ2v) is 5.03. The van der Waals surface area contributed by atoms with Crippen molar-refractivity contribution in [2.75, 3.05) is 0 Å². The van der Waals surface area contributed by atoms with Gasteiger partial charge in [-0.2, -0.15) is 13.2 Å². The summed E-state index contributed by atoms with van der Waals surface area (Å²) in [6, 6.07) is 2.02. The average molecular weight is 349 g/mol. The zero-order valence-electron chi connectivity index (χ0n) is 13.8. The van der Waals surface area contributed by atoms with E-state index in [1.54, 1.807) is 0 Å². The van der Waals surface area contributed by atoms with Crippen LogP contribution >= 0.6 is 0 Å². The molecule has 1 heterocycles. The van der Waals surface area contributed by atoms with E-state index in [0.29, 0.717) is 6.54 Å². The van der Waals surface area contributed by atoms with Crippen molar-refractivity contribution in [3.63, 3.8) is 0 Å². The Hall–Kier alpha value is -1.45. The number of benzene rings is 1. The molecule has 2 aromatic rings. The molecule has 0 aliphatic carbocycles. The summed E-state index contributed by atoms with van der Waals surface area (Å²) < 4.78 is 40.0. The number of alkyl halides is 3. The quantitative estimate of drug-likeness (QED) is 0.757. The number of amides is 1. The van der Waals surface area contributed by atoms with Gasteiger partial charge in [0.15, 0.2) is 0 Å². The summed E-state index contributed by atoms with van der Waals surface area (Å²) in [5.41, 5.74) is -0.418. The van der Waals surface area contributed by atoms with E-state index < -0.39 is 17.6 Å². The molecule has 0 aliphatic rings. The number of hydrogen-bond acceptors (Lipinski definition) is 4. The molecule has 0 radical (unpaired) electrons. The first kappa shape index (κ1) is 20.6. The first-order chi connectivity index (χ1) is 10.8. The van der Waals surface area contributed by atoms with E-state index in [-0.39, 0.29) is 52.2 Å². The molecule has 0 spiro atoms. The predicted octanol–water partition coefficient (Wildman–Crippen LogP) is 0.568. The van der Waals surface area contributed by atoms with Gasteiger partial charge in [0.25, 0.3) is 0 Å². The van der Waals surface area contributed by atoms with Crippen LogP contribution in [0.25, 0.3) is 5.32 Å². The number of rotatable bonds is 4. The summed E-state index contributed by atoms with van der Waals surface area (Å²) in [7, 11) is 0. The molecule has 6 nitrogen and oxygen atoms in total. The van der Waals surface area contributed by atoms with E-state index in [0.717, 1.165) is 18.6 Å². The Balaban J connectivity index is 0.00000288. The van der Waals surface area contributed by atoms with Crippen LogP contribution in [-0.2, 0) is 12.7 Å². The number of nitrogens with zero attached hydrogens (tertiary/aromatic N) is 5. The molecule has 0 aliphatic heterocycles. The Bertz CT molecular complexity index is 730. The Labute approximate surface area is 159 Å². The van der Waals surface area contributed by atoms with Crippen molar-refractivity contribution >= 4 is 11.9 Å². The molecule has 0 atom stereocenters. The minimum absolute atomic E-state index is 0. The van der Waals surface area contributed by atoms with E-state index in [4.69, 9.17) is 0 Å². The topological polar surface area (TPSA) is 74.8 Å². The third kappa shape index (κ3) is 4.34. The summed E-state index contributed by atoms with van der Waals surface area (Å²) in [6.07, 6.45) is -3.71. The van der Waals surface area contributed by atoms with Crippen LogP contribution in [0.5, 0.6) is 0 Å². The van der Waals surface area contributed by atoms with Gasteiger partial charge in [-0.3, -0.25) is 9.89 Å². The van der Waals surface area contributed by atoms with Gasteiger partial charge in [-0.25, -0.2) is 0 Å². The number of aryl methyl sites for hydroxylation is 1. The Morgan fingerprint density at radius 2 is 1.92 bits per heavy atom. The molecule has 2 rings (SSSR count). The van der Waals surface area contributed by atoms with Crippen LogP contribution in [0, 0.1) is 13.8 Å². The minimum Gasteiger partial charge on any atom is -0.320 e. The van der Waals surface area contributed by atoms with E-state index in [1.807, 2.05) is 6.92 Å². The van der Waals surface area contributed by atoms with E-state index in [9.17, 15) is 18.0 Å². The fourth-order valence-electron chi connectivity index (χ4n) is 2.15. The average Bonchev–Trinajstić information content (AvgIpc) is 2.88. The van der Waals surface area contributed by atoms with Gasteiger partial charge < -0.3 is 10.00 Å². The van der Waals surface area contributed by atoms with Crippen LogP contribution < -0.4 is 29.6 Å². The molecule has 124 valence electrons. The third-order valence-corrected chi connectivity index (χ3v) is 3.47. The van der Waals surface area contributed by atoms with Gasteiger partial charge in [-0.1, -0.05) is 6.92 Å². The van der Waals surface area contributed by atoms with Gasteiger partial charge >= 0.3 is 35.7 Å². The van der Waals surface area contributed by atoms with Crippen molar-refractivity contribution in [2.24, 2.45) is 0 Å². The standard InChI is InChI=1S/C14H16F3N5O.Na/c1-4-7-22-13(19-20-21-22)18-12(23)10-5-6-11(14(15,16)17)9(3)8(10)2;/h5-6H,4,7H2,1-3H3,(H,18,19,21,23);/q;+1/p-1. The second kappa shape index (κ2) is 8.09. The number of aromatic nitrogens is 4. The van der Waals surface area contributed by atoms with Crippen molar-refractivity contribution in [1.82, 2.24) is 20.2 Å². The summed E-state index contributed by atoms with van der Waals surface area (Å²) in [4.78, 5) is 12.2. The van der Waals surface area contributed by atoms with Crippen LogP contribution in [0.1, 0.15) is 40.4 Å². The first-order valence-electron chi connectivity index (χ1n) is 6.95. The van der Waals surface area contributed by atoms with Crippen LogP contribution in [0.4, 0.5) is 19.1 Å². The molecule has 24 heavy (non-hydrogen) atoms. The zero-order valence-corrected chi connectivity index (χ0v) is 15.8. The van der Waals surface area contributed by atoms with Gasteiger partial charge in [0.1, 0.15) is 0 Å². The number of hydrogen-bond donors (Lipinski definition) is 0. The van der Waals surface area contributed by atoms with E-state index >= 15 is 0 Å². The van der Waals surface area contributed by atoms with Crippen LogP contribution in [0.3, 0.4) is 0 Å². The largest absolute Gasteiger partial charge is 1.00 e. The Morgan fingerprint density at radius 3 is 2.50 bits per heavy atom. The maximum atomic E-state index is 12.9. The number of carbonyl (C=O) groups excluding carboxylic acids is 1. The molecule has 1 amide bonds. The van der Waals surface area contributed by atoms with Crippen molar-refractivity contribution in [3.8, 4) is 0 Å². The summed E-state index contributed by atoms with van der Waals surface area (Å²) in [5, 5.41) is 14.6. The molecular weight excluding hydrogens is 334 g/mol. The minimum atomic E-state index is -4.46. The first-order valence-corrected chi connectivity index (χ1v) is 6.95. The number of tetrazole rings is 1. The van der Waals surface area contributed by atoms with Gasteiger partial charge in [0.2, 0.25) is 5.91 Å². The van der Waals surface area contributed by atoms with Crippen molar-refractivity contribution in [2.45, 2.75) is 39.9 Å². The fourth-order valence-corrected chi connectivity index (χ4v) is 2.15. The summed E-state index contributed by atoms with van der Waals surface area (Å²) in [6.45, 7) is 5.19.